The minimum atomic E-state index is -0.220. The third-order valence-corrected chi connectivity index (χ3v) is 3.06. The van der Waals surface area contributed by atoms with Crippen molar-refractivity contribution in [1.29, 1.82) is 0 Å². The zero-order valence-electron chi connectivity index (χ0n) is 9.65. The molecule has 4 nitrogen and oxygen atoms in total. The summed E-state index contributed by atoms with van der Waals surface area (Å²) in [5, 5.41) is 8.28. The molecule has 2 aromatic rings. The van der Waals surface area contributed by atoms with Gasteiger partial charge in [-0.05, 0) is 19.1 Å². The van der Waals surface area contributed by atoms with E-state index in [1.807, 2.05) is 36.6 Å². The van der Waals surface area contributed by atoms with E-state index in [0.29, 0.717) is 0 Å². The molecule has 0 fully saturated rings. The number of anilines is 1. The number of nitrogens with zero attached hydrogens (tertiary/aromatic N) is 1. The molecule has 0 unspecified atom stereocenters. The Balaban J connectivity index is 2.15. The SMILES string of the molecule is CNC(=O)Nc1ccc(-c2csc(C)n2)cc1. The molecule has 0 aliphatic heterocycles. The van der Waals surface area contributed by atoms with Crippen molar-refractivity contribution in [2.24, 2.45) is 0 Å². The quantitative estimate of drug-likeness (QED) is 0.857. The Labute approximate surface area is 104 Å². The standard InChI is InChI=1S/C12H13N3OS/c1-8-14-11(7-17-8)9-3-5-10(6-4-9)15-12(16)13-2/h3-7H,1-2H3,(H2,13,15,16). The number of carbonyl (C=O) groups excluding carboxylic acids is 1. The van der Waals surface area contributed by atoms with Gasteiger partial charge in [0.15, 0.2) is 0 Å². The summed E-state index contributed by atoms with van der Waals surface area (Å²) in [6, 6.07) is 7.39. The average Bonchev–Trinajstić information content (AvgIpc) is 2.77. The fourth-order valence-corrected chi connectivity index (χ4v) is 2.04. The predicted molar refractivity (Wildman–Crippen MR) is 70.4 cm³/mol. The maximum atomic E-state index is 11.1. The molecule has 0 atom stereocenters. The van der Waals surface area contributed by atoms with Crippen LogP contribution in [-0.4, -0.2) is 18.1 Å². The first-order valence-electron chi connectivity index (χ1n) is 5.20. The highest BCUT2D eigenvalue weighted by Crippen LogP contribution is 2.22. The van der Waals surface area contributed by atoms with Crippen LogP contribution in [0.3, 0.4) is 0 Å². The van der Waals surface area contributed by atoms with Crippen molar-refractivity contribution in [3.63, 3.8) is 0 Å². The van der Waals surface area contributed by atoms with E-state index in [4.69, 9.17) is 0 Å². The molecular formula is C12H13N3OS. The second-order valence-electron chi connectivity index (χ2n) is 3.53. The van der Waals surface area contributed by atoms with Crippen molar-refractivity contribution in [2.45, 2.75) is 6.92 Å². The van der Waals surface area contributed by atoms with Gasteiger partial charge in [0.2, 0.25) is 0 Å². The van der Waals surface area contributed by atoms with Crippen molar-refractivity contribution < 1.29 is 4.79 Å². The van der Waals surface area contributed by atoms with Gasteiger partial charge < -0.3 is 10.6 Å². The van der Waals surface area contributed by atoms with Gasteiger partial charge in [0.05, 0.1) is 10.7 Å². The van der Waals surface area contributed by atoms with Gasteiger partial charge in [0.1, 0.15) is 0 Å². The lowest BCUT2D eigenvalue weighted by atomic mass is 10.1. The molecule has 5 heteroatoms. The fraction of sp³-hybridized carbons (Fsp3) is 0.167. The van der Waals surface area contributed by atoms with E-state index in [0.717, 1.165) is 22.0 Å². The molecule has 17 heavy (non-hydrogen) atoms. The van der Waals surface area contributed by atoms with Crippen LogP contribution in [0, 0.1) is 6.92 Å². The number of amides is 2. The molecule has 1 aromatic carbocycles. The van der Waals surface area contributed by atoms with E-state index in [9.17, 15) is 4.79 Å². The molecule has 0 saturated heterocycles. The van der Waals surface area contributed by atoms with Crippen LogP contribution in [0.5, 0.6) is 0 Å². The molecule has 1 heterocycles. The summed E-state index contributed by atoms with van der Waals surface area (Å²) in [6.45, 7) is 1.98. The topological polar surface area (TPSA) is 54.0 Å². The molecule has 88 valence electrons. The molecule has 0 aliphatic rings. The first kappa shape index (κ1) is 11.6. The van der Waals surface area contributed by atoms with Gasteiger partial charge in [0.25, 0.3) is 0 Å². The van der Waals surface area contributed by atoms with E-state index in [2.05, 4.69) is 15.6 Å². The number of hydrogen-bond donors (Lipinski definition) is 2. The van der Waals surface area contributed by atoms with Crippen LogP contribution < -0.4 is 10.6 Å². The maximum Gasteiger partial charge on any atom is 0.318 e. The number of benzene rings is 1. The van der Waals surface area contributed by atoms with Crippen molar-refractivity contribution in [3.8, 4) is 11.3 Å². The maximum absolute atomic E-state index is 11.1. The largest absolute Gasteiger partial charge is 0.341 e. The van der Waals surface area contributed by atoms with Crippen LogP contribution in [-0.2, 0) is 0 Å². The molecule has 2 rings (SSSR count). The molecule has 0 spiro atoms. The van der Waals surface area contributed by atoms with Crippen LogP contribution in [0.1, 0.15) is 5.01 Å². The number of thiazole rings is 1. The van der Waals surface area contributed by atoms with Crippen LogP contribution in [0.15, 0.2) is 29.6 Å². The summed E-state index contributed by atoms with van der Waals surface area (Å²) in [6.07, 6.45) is 0. The molecule has 0 bridgehead atoms. The van der Waals surface area contributed by atoms with Gasteiger partial charge in [-0.3, -0.25) is 0 Å². The number of rotatable bonds is 2. The summed E-state index contributed by atoms with van der Waals surface area (Å²) < 4.78 is 0. The zero-order chi connectivity index (χ0) is 12.3. The molecule has 1 aromatic heterocycles. The van der Waals surface area contributed by atoms with E-state index >= 15 is 0 Å². The van der Waals surface area contributed by atoms with Gasteiger partial charge in [-0.1, -0.05) is 12.1 Å². The van der Waals surface area contributed by atoms with Crippen molar-refractivity contribution in [3.05, 3.63) is 34.7 Å². The van der Waals surface area contributed by atoms with Gasteiger partial charge in [-0.15, -0.1) is 11.3 Å². The predicted octanol–water partition coefficient (Wildman–Crippen LogP) is 2.87. The van der Waals surface area contributed by atoms with Crippen LogP contribution in [0.4, 0.5) is 10.5 Å². The van der Waals surface area contributed by atoms with Crippen LogP contribution in [0.2, 0.25) is 0 Å². The van der Waals surface area contributed by atoms with Gasteiger partial charge in [0, 0.05) is 23.7 Å². The van der Waals surface area contributed by atoms with Crippen molar-refractivity contribution in [1.82, 2.24) is 10.3 Å². The summed E-state index contributed by atoms with van der Waals surface area (Å²) >= 11 is 1.63. The molecular weight excluding hydrogens is 234 g/mol. The number of carbonyl (C=O) groups is 1. The Morgan fingerprint density at radius 2 is 2.00 bits per heavy atom. The Kier molecular flexibility index (Phi) is 3.39. The molecule has 0 aliphatic carbocycles. The highest BCUT2D eigenvalue weighted by molar-refractivity contribution is 7.09. The third kappa shape index (κ3) is 2.82. The minimum absolute atomic E-state index is 0.220. The Bertz CT molecular complexity index is 519. The van der Waals surface area contributed by atoms with E-state index in [-0.39, 0.29) is 6.03 Å². The normalized spacial score (nSPS) is 10.0. The number of aryl methyl sites for hydroxylation is 1. The summed E-state index contributed by atoms with van der Waals surface area (Å²) in [4.78, 5) is 15.5. The fourth-order valence-electron chi connectivity index (χ4n) is 1.41. The second kappa shape index (κ2) is 4.97. The summed E-state index contributed by atoms with van der Waals surface area (Å²) in [5.74, 6) is 0. The van der Waals surface area contributed by atoms with Crippen LogP contribution >= 0.6 is 11.3 Å². The smallest absolute Gasteiger partial charge is 0.318 e. The number of hydrogen-bond acceptors (Lipinski definition) is 3. The third-order valence-electron chi connectivity index (χ3n) is 2.28. The lowest BCUT2D eigenvalue weighted by Gasteiger charge is -2.04. The first-order chi connectivity index (χ1) is 8.19. The second-order valence-corrected chi connectivity index (χ2v) is 4.60. The van der Waals surface area contributed by atoms with Gasteiger partial charge >= 0.3 is 6.03 Å². The number of nitrogens with one attached hydrogen (secondary N) is 2. The lowest BCUT2D eigenvalue weighted by molar-refractivity contribution is 0.254. The monoisotopic (exact) mass is 247 g/mol. The molecule has 0 saturated carbocycles. The molecule has 2 N–H and O–H groups in total. The Hall–Kier alpha value is -1.88. The Morgan fingerprint density at radius 3 is 2.53 bits per heavy atom. The van der Waals surface area contributed by atoms with Crippen molar-refractivity contribution in [2.75, 3.05) is 12.4 Å². The zero-order valence-corrected chi connectivity index (χ0v) is 10.5. The number of aromatic nitrogens is 1. The van der Waals surface area contributed by atoms with Crippen molar-refractivity contribution >= 4 is 23.1 Å². The van der Waals surface area contributed by atoms with E-state index in [1.165, 1.54) is 0 Å². The average molecular weight is 247 g/mol. The number of urea groups is 1. The first-order valence-corrected chi connectivity index (χ1v) is 6.08. The van der Waals surface area contributed by atoms with E-state index in [1.54, 1.807) is 18.4 Å². The van der Waals surface area contributed by atoms with Crippen LogP contribution in [0.25, 0.3) is 11.3 Å². The minimum Gasteiger partial charge on any atom is -0.341 e. The van der Waals surface area contributed by atoms with E-state index < -0.39 is 0 Å². The lowest BCUT2D eigenvalue weighted by Crippen LogP contribution is -2.24. The van der Waals surface area contributed by atoms with Gasteiger partial charge in [-0.2, -0.15) is 0 Å². The van der Waals surface area contributed by atoms with Gasteiger partial charge in [-0.25, -0.2) is 9.78 Å². The summed E-state index contributed by atoms with van der Waals surface area (Å²) in [7, 11) is 1.59. The summed E-state index contributed by atoms with van der Waals surface area (Å²) in [5.41, 5.74) is 2.79. The highest BCUT2D eigenvalue weighted by atomic mass is 32.1. The molecule has 0 radical (unpaired) electrons. The molecule has 2 amide bonds. The Morgan fingerprint density at radius 1 is 1.29 bits per heavy atom. The highest BCUT2D eigenvalue weighted by Gasteiger charge is 2.03.